The maximum absolute atomic E-state index is 12.9. The van der Waals surface area contributed by atoms with Gasteiger partial charge < -0.3 is 9.80 Å². The van der Waals surface area contributed by atoms with Gasteiger partial charge in [0.25, 0.3) is 5.91 Å². The second-order valence-electron chi connectivity index (χ2n) is 7.86. The molecule has 0 radical (unpaired) electrons. The fourth-order valence-electron chi connectivity index (χ4n) is 4.33. The van der Waals surface area contributed by atoms with Gasteiger partial charge in [-0.15, -0.1) is 12.4 Å². The van der Waals surface area contributed by atoms with Gasteiger partial charge in [-0.25, -0.2) is 0 Å². The summed E-state index contributed by atoms with van der Waals surface area (Å²) in [7, 11) is 0. The van der Waals surface area contributed by atoms with Crippen molar-refractivity contribution in [1.82, 2.24) is 9.80 Å². The fourth-order valence-corrected chi connectivity index (χ4v) is 4.33. The van der Waals surface area contributed by atoms with Crippen molar-refractivity contribution >= 4 is 18.3 Å². The molecule has 0 N–H and O–H groups in total. The van der Waals surface area contributed by atoms with Gasteiger partial charge in [0, 0.05) is 18.7 Å². The first-order chi connectivity index (χ1) is 13.7. The molecule has 2 aliphatic rings. The second-order valence-corrected chi connectivity index (χ2v) is 7.86. The van der Waals surface area contributed by atoms with Crippen LogP contribution in [0.4, 0.5) is 0 Å². The number of fused-ring (bicyclic) bond motifs is 1. The van der Waals surface area contributed by atoms with Crippen LogP contribution in [-0.2, 0) is 6.42 Å². The molecule has 0 aliphatic carbocycles. The van der Waals surface area contributed by atoms with Crippen LogP contribution in [0.25, 0.3) is 11.1 Å². The number of halogens is 1. The van der Waals surface area contributed by atoms with Crippen molar-refractivity contribution in [1.29, 1.82) is 5.26 Å². The van der Waals surface area contributed by atoms with Crippen LogP contribution in [0.15, 0.2) is 42.5 Å². The van der Waals surface area contributed by atoms with E-state index in [-0.39, 0.29) is 18.3 Å². The standard InChI is InChI=1S/C24H27N3O.ClH/c25-18-19-5-7-20(8-6-19)21-9-10-23-22(17-21)11-16-27(24(23)28)15-4-14-26-12-2-1-3-13-26;/h5-10,17H,1-4,11-16H2;1H. The third-order valence-electron chi connectivity index (χ3n) is 5.97. The lowest BCUT2D eigenvalue weighted by atomic mass is 9.93. The first kappa shape index (κ1) is 21.4. The normalized spacial score (nSPS) is 16.7. The van der Waals surface area contributed by atoms with E-state index in [1.165, 1.54) is 32.4 Å². The quantitative estimate of drug-likeness (QED) is 0.729. The van der Waals surface area contributed by atoms with Gasteiger partial charge in [0.15, 0.2) is 0 Å². The minimum Gasteiger partial charge on any atom is -0.338 e. The Morgan fingerprint density at radius 1 is 0.897 bits per heavy atom. The maximum atomic E-state index is 12.9. The van der Waals surface area contributed by atoms with E-state index < -0.39 is 0 Å². The number of hydrogen-bond donors (Lipinski definition) is 0. The topological polar surface area (TPSA) is 47.3 Å². The SMILES string of the molecule is Cl.N#Cc1ccc(-c2ccc3c(c2)CCN(CCCN2CCCCC2)C3=O)cc1. The number of nitrogens with zero attached hydrogens (tertiary/aromatic N) is 3. The molecule has 29 heavy (non-hydrogen) atoms. The largest absolute Gasteiger partial charge is 0.338 e. The maximum Gasteiger partial charge on any atom is 0.254 e. The molecule has 4 nitrogen and oxygen atoms in total. The molecule has 0 bridgehead atoms. The number of hydrogen-bond acceptors (Lipinski definition) is 3. The van der Waals surface area contributed by atoms with E-state index in [1.54, 1.807) is 0 Å². The molecule has 1 amide bonds. The molecule has 0 unspecified atom stereocenters. The smallest absolute Gasteiger partial charge is 0.254 e. The molecule has 1 saturated heterocycles. The van der Waals surface area contributed by atoms with Crippen molar-refractivity contribution in [2.75, 3.05) is 32.7 Å². The van der Waals surface area contributed by atoms with E-state index >= 15 is 0 Å². The van der Waals surface area contributed by atoms with Gasteiger partial charge >= 0.3 is 0 Å². The zero-order chi connectivity index (χ0) is 19.3. The summed E-state index contributed by atoms with van der Waals surface area (Å²) in [6.07, 6.45) is 5.97. The Morgan fingerprint density at radius 3 is 2.34 bits per heavy atom. The molecule has 2 aromatic carbocycles. The molecule has 0 aromatic heterocycles. The van der Waals surface area contributed by atoms with Crippen molar-refractivity contribution in [3.05, 3.63) is 59.2 Å². The number of carbonyl (C=O) groups is 1. The third kappa shape index (κ3) is 4.98. The van der Waals surface area contributed by atoms with Gasteiger partial charge in [-0.1, -0.05) is 30.7 Å². The summed E-state index contributed by atoms with van der Waals surface area (Å²) >= 11 is 0. The number of likely N-dealkylation sites (tertiary alicyclic amines) is 1. The van der Waals surface area contributed by atoms with E-state index in [2.05, 4.69) is 17.0 Å². The van der Waals surface area contributed by atoms with Crippen LogP contribution in [0.5, 0.6) is 0 Å². The zero-order valence-electron chi connectivity index (χ0n) is 16.8. The number of rotatable bonds is 5. The average molecular weight is 410 g/mol. The number of amides is 1. The lowest BCUT2D eigenvalue weighted by Crippen LogP contribution is -2.40. The van der Waals surface area contributed by atoms with Crippen LogP contribution in [0.3, 0.4) is 0 Å². The molecule has 0 saturated carbocycles. The van der Waals surface area contributed by atoms with Crippen LogP contribution in [0, 0.1) is 11.3 Å². The Morgan fingerprint density at radius 2 is 1.62 bits per heavy atom. The summed E-state index contributed by atoms with van der Waals surface area (Å²) in [5.41, 5.74) is 4.84. The summed E-state index contributed by atoms with van der Waals surface area (Å²) in [6.45, 7) is 5.20. The lowest BCUT2D eigenvalue weighted by Gasteiger charge is -2.31. The van der Waals surface area contributed by atoms with Crippen LogP contribution in [0.2, 0.25) is 0 Å². The van der Waals surface area contributed by atoms with E-state index in [0.29, 0.717) is 5.56 Å². The number of piperidine rings is 1. The van der Waals surface area contributed by atoms with Crippen LogP contribution in [0.1, 0.15) is 47.2 Å². The summed E-state index contributed by atoms with van der Waals surface area (Å²) in [5, 5.41) is 8.95. The van der Waals surface area contributed by atoms with Gasteiger partial charge in [-0.2, -0.15) is 5.26 Å². The van der Waals surface area contributed by atoms with Crippen molar-refractivity contribution in [2.45, 2.75) is 32.1 Å². The van der Waals surface area contributed by atoms with Gasteiger partial charge in [-0.05, 0) is 80.2 Å². The van der Waals surface area contributed by atoms with E-state index in [9.17, 15) is 4.79 Å². The number of nitriles is 1. The second kappa shape index (κ2) is 9.91. The van der Waals surface area contributed by atoms with Gasteiger partial charge in [-0.3, -0.25) is 4.79 Å². The van der Waals surface area contributed by atoms with Gasteiger partial charge in [0.1, 0.15) is 0 Å². The summed E-state index contributed by atoms with van der Waals surface area (Å²) < 4.78 is 0. The van der Waals surface area contributed by atoms with Crippen LogP contribution < -0.4 is 0 Å². The summed E-state index contributed by atoms with van der Waals surface area (Å²) in [6, 6.07) is 15.9. The van der Waals surface area contributed by atoms with E-state index in [1.807, 2.05) is 41.3 Å². The Hall–Kier alpha value is -2.35. The molecule has 5 heteroatoms. The first-order valence-corrected chi connectivity index (χ1v) is 10.4. The van der Waals surface area contributed by atoms with Crippen molar-refractivity contribution in [3.8, 4) is 17.2 Å². The predicted octanol–water partition coefficient (Wildman–Crippen LogP) is 4.52. The van der Waals surface area contributed by atoms with E-state index in [4.69, 9.17) is 5.26 Å². The summed E-state index contributed by atoms with van der Waals surface area (Å²) in [4.78, 5) is 17.5. The molecule has 2 aromatic rings. The molecule has 2 heterocycles. The van der Waals surface area contributed by atoms with Gasteiger partial charge in [0.05, 0.1) is 11.6 Å². The minimum atomic E-state index is 0. The number of benzene rings is 2. The fraction of sp³-hybridized carbons (Fsp3) is 0.417. The van der Waals surface area contributed by atoms with Crippen LogP contribution >= 0.6 is 12.4 Å². The Bertz CT molecular complexity index is 882. The molecule has 0 atom stereocenters. The molecule has 152 valence electrons. The zero-order valence-corrected chi connectivity index (χ0v) is 17.6. The van der Waals surface area contributed by atoms with Gasteiger partial charge in [0.2, 0.25) is 0 Å². The first-order valence-electron chi connectivity index (χ1n) is 10.4. The van der Waals surface area contributed by atoms with Crippen molar-refractivity contribution < 1.29 is 4.79 Å². The molecular weight excluding hydrogens is 382 g/mol. The number of carbonyl (C=O) groups excluding carboxylic acids is 1. The molecule has 1 fully saturated rings. The Labute approximate surface area is 179 Å². The molecular formula is C24H28ClN3O. The minimum absolute atomic E-state index is 0. The Balaban J connectivity index is 0.00000240. The lowest BCUT2D eigenvalue weighted by molar-refractivity contribution is 0.0730. The van der Waals surface area contributed by atoms with Crippen LogP contribution in [-0.4, -0.2) is 48.4 Å². The highest BCUT2D eigenvalue weighted by atomic mass is 35.5. The highest BCUT2D eigenvalue weighted by Crippen LogP contribution is 2.27. The molecule has 0 spiro atoms. The predicted molar refractivity (Wildman–Crippen MR) is 118 cm³/mol. The summed E-state index contributed by atoms with van der Waals surface area (Å²) in [5.74, 6) is 0.172. The third-order valence-corrected chi connectivity index (χ3v) is 5.97. The highest BCUT2D eigenvalue weighted by molar-refractivity contribution is 5.97. The molecule has 2 aliphatic heterocycles. The monoisotopic (exact) mass is 409 g/mol. The molecule has 4 rings (SSSR count). The van der Waals surface area contributed by atoms with Crippen molar-refractivity contribution in [3.63, 3.8) is 0 Å². The van der Waals surface area contributed by atoms with E-state index in [0.717, 1.165) is 54.7 Å². The average Bonchev–Trinajstić information content (AvgIpc) is 2.76. The highest BCUT2D eigenvalue weighted by Gasteiger charge is 2.24. The van der Waals surface area contributed by atoms with Crippen molar-refractivity contribution in [2.24, 2.45) is 0 Å². The Kier molecular flexibility index (Phi) is 7.30.